The third kappa shape index (κ3) is 4.77. The Morgan fingerprint density at radius 2 is 1.92 bits per heavy atom. The molecule has 1 aromatic heterocycles. The number of carbonyl (C=O) groups excluding carboxylic acids is 1. The van der Waals surface area contributed by atoms with Gasteiger partial charge in [0, 0.05) is 43.7 Å². The van der Waals surface area contributed by atoms with E-state index in [1.54, 1.807) is 6.20 Å². The molecule has 0 radical (unpaired) electrons. The number of hydrogen-bond acceptors (Lipinski definition) is 6. The molecule has 134 valence electrons. The van der Waals surface area contributed by atoms with Crippen molar-refractivity contribution in [3.8, 4) is 0 Å². The molecule has 0 bridgehead atoms. The average molecular weight is 413 g/mol. The summed E-state index contributed by atoms with van der Waals surface area (Å²) in [6, 6.07) is 2.35. The number of halogens is 1. The van der Waals surface area contributed by atoms with Gasteiger partial charge in [0.15, 0.2) is 0 Å². The Labute approximate surface area is 151 Å². The average Bonchev–Trinajstić information content (AvgIpc) is 2.88. The SMILES string of the molecule is NC(=O)c1cc(N2C[C@H]3CNC[C@H]32)cnc1Br.O=C(O)/C=C/C(=O)O. The lowest BCUT2D eigenvalue weighted by molar-refractivity contribution is -0.134. The van der Waals surface area contributed by atoms with E-state index in [2.05, 4.69) is 31.1 Å². The van der Waals surface area contributed by atoms with Crippen LogP contribution in [0, 0.1) is 5.92 Å². The number of carboxylic acids is 2. The van der Waals surface area contributed by atoms with Crippen LogP contribution in [-0.4, -0.2) is 58.7 Å². The van der Waals surface area contributed by atoms with Crippen LogP contribution in [0.25, 0.3) is 0 Å². The van der Waals surface area contributed by atoms with Crippen LogP contribution in [-0.2, 0) is 9.59 Å². The summed E-state index contributed by atoms with van der Waals surface area (Å²) in [7, 11) is 0. The van der Waals surface area contributed by atoms with E-state index in [1.807, 2.05) is 6.07 Å². The summed E-state index contributed by atoms with van der Waals surface area (Å²) in [5.41, 5.74) is 6.73. The molecule has 2 aliphatic rings. The molecule has 2 fully saturated rings. The topological polar surface area (TPSA) is 146 Å². The molecule has 0 spiro atoms. The number of fused-ring (bicyclic) bond motifs is 1. The van der Waals surface area contributed by atoms with Crippen LogP contribution in [0.5, 0.6) is 0 Å². The number of pyridine rings is 1. The Kier molecular flexibility index (Phi) is 6.10. The molecule has 3 heterocycles. The first-order valence-corrected chi connectivity index (χ1v) is 8.15. The minimum Gasteiger partial charge on any atom is -0.478 e. The van der Waals surface area contributed by atoms with Crippen molar-refractivity contribution in [3.63, 3.8) is 0 Å². The van der Waals surface area contributed by atoms with E-state index in [4.69, 9.17) is 15.9 Å². The molecule has 2 saturated heterocycles. The highest BCUT2D eigenvalue weighted by atomic mass is 79.9. The van der Waals surface area contributed by atoms with Crippen molar-refractivity contribution in [2.75, 3.05) is 24.5 Å². The predicted molar refractivity (Wildman–Crippen MR) is 92.4 cm³/mol. The number of aliphatic carboxylic acids is 2. The number of nitrogens with one attached hydrogen (secondary N) is 1. The standard InChI is InChI=1S/C11H13BrN4O.C4H4O4/c12-10-8(11(13)17)1-7(3-15-10)16-5-6-2-14-4-9(6)16;5-3(6)1-2-4(7)8/h1,3,6,9,14H,2,4-5H2,(H2,13,17);1-2H,(H,5,6)(H,7,8)/b;2-1+/t6-,9-;/m1./s1. The highest BCUT2D eigenvalue weighted by Gasteiger charge is 2.42. The maximum atomic E-state index is 11.3. The zero-order valence-corrected chi connectivity index (χ0v) is 14.6. The van der Waals surface area contributed by atoms with Crippen molar-refractivity contribution >= 4 is 39.5 Å². The molecule has 3 rings (SSSR count). The zero-order chi connectivity index (χ0) is 18.6. The van der Waals surface area contributed by atoms with Crippen LogP contribution >= 0.6 is 15.9 Å². The largest absolute Gasteiger partial charge is 0.478 e. The van der Waals surface area contributed by atoms with Gasteiger partial charge in [0.1, 0.15) is 4.60 Å². The van der Waals surface area contributed by atoms with Crippen molar-refractivity contribution in [1.82, 2.24) is 10.3 Å². The van der Waals surface area contributed by atoms with E-state index >= 15 is 0 Å². The highest BCUT2D eigenvalue weighted by molar-refractivity contribution is 9.10. The van der Waals surface area contributed by atoms with Gasteiger partial charge in [-0.2, -0.15) is 0 Å². The summed E-state index contributed by atoms with van der Waals surface area (Å²) < 4.78 is 0.510. The summed E-state index contributed by atoms with van der Waals surface area (Å²) in [5, 5.41) is 19.0. The van der Waals surface area contributed by atoms with Gasteiger partial charge in [-0.3, -0.25) is 4.79 Å². The van der Waals surface area contributed by atoms with Crippen LogP contribution in [0.3, 0.4) is 0 Å². The van der Waals surface area contributed by atoms with Crippen molar-refractivity contribution in [1.29, 1.82) is 0 Å². The Morgan fingerprint density at radius 3 is 2.44 bits per heavy atom. The normalized spacial score (nSPS) is 21.1. The van der Waals surface area contributed by atoms with Crippen molar-refractivity contribution in [2.45, 2.75) is 6.04 Å². The van der Waals surface area contributed by atoms with Crippen LogP contribution in [0.15, 0.2) is 29.0 Å². The monoisotopic (exact) mass is 412 g/mol. The lowest BCUT2D eigenvalue weighted by atomic mass is 9.91. The molecule has 5 N–H and O–H groups in total. The molecule has 1 amide bonds. The number of aromatic nitrogens is 1. The number of rotatable bonds is 4. The zero-order valence-electron chi connectivity index (χ0n) is 13.1. The fourth-order valence-electron chi connectivity index (χ4n) is 2.73. The number of amides is 1. The first-order chi connectivity index (χ1) is 11.8. The van der Waals surface area contributed by atoms with Crippen LogP contribution in [0.2, 0.25) is 0 Å². The quantitative estimate of drug-likeness (QED) is 0.401. The summed E-state index contributed by atoms with van der Waals surface area (Å²) in [4.78, 5) is 36.8. The van der Waals surface area contributed by atoms with E-state index in [0.717, 1.165) is 31.2 Å². The molecule has 9 nitrogen and oxygen atoms in total. The molecule has 0 unspecified atom stereocenters. The molecular weight excluding hydrogens is 396 g/mol. The Hall–Kier alpha value is -2.46. The fourth-order valence-corrected chi connectivity index (χ4v) is 3.14. The molecule has 2 atom stereocenters. The van der Waals surface area contributed by atoms with E-state index < -0.39 is 17.8 Å². The van der Waals surface area contributed by atoms with Crippen LogP contribution in [0.1, 0.15) is 10.4 Å². The molecule has 10 heteroatoms. The van der Waals surface area contributed by atoms with Gasteiger partial charge in [0.25, 0.3) is 5.91 Å². The van der Waals surface area contributed by atoms with Crippen LogP contribution < -0.4 is 16.0 Å². The van der Waals surface area contributed by atoms with E-state index in [1.165, 1.54) is 0 Å². The van der Waals surface area contributed by atoms with Gasteiger partial charge in [-0.1, -0.05) is 0 Å². The number of carboxylic acid groups (broad SMARTS) is 2. The number of carbonyl (C=O) groups is 3. The van der Waals surface area contributed by atoms with Gasteiger partial charge < -0.3 is 26.2 Å². The molecular formula is C15H17BrN4O5. The maximum Gasteiger partial charge on any atom is 0.328 e. The fraction of sp³-hybridized carbons (Fsp3) is 0.333. The Bertz CT molecular complexity index is 708. The third-order valence-corrected chi connectivity index (χ3v) is 4.56. The van der Waals surface area contributed by atoms with Gasteiger partial charge >= 0.3 is 11.9 Å². The van der Waals surface area contributed by atoms with Crippen molar-refractivity contribution < 1.29 is 24.6 Å². The number of primary amides is 1. The van der Waals surface area contributed by atoms with E-state index in [0.29, 0.717) is 28.4 Å². The number of nitrogens with zero attached hydrogens (tertiary/aromatic N) is 2. The summed E-state index contributed by atoms with van der Waals surface area (Å²) in [5.74, 6) is -2.23. The van der Waals surface area contributed by atoms with Gasteiger partial charge in [0.05, 0.1) is 17.4 Å². The number of anilines is 1. The number of hydrogen-bond donors (Lipinski definition) is 4. The number of nitrogens with two attached hydrogens (primary N) is 1. The van der Waals surface area contributed by atoms with Gasteiger partial charge in [-0.25, -0.2) is 14.6 Å². The first-order valence-electron chi connectivity index (χ1n) is 7.36. The van der Waals surface area contributed by atoms with Gasteiger partial charge in [-0.05, 0) is 22.0 Å². The van der Waals surface area contributed by atoms with E-state index in [9.17, 15) is 14.4 Å². The summed E-state index contributed by atoms with van der Waals surface area (Å²) in [6.45, 7) is 3.12. The first kappa shape index (κ1) is 18.9. The lowest BCUT2D eigenvalue weighted by Crippen LogP contribution is -2.55. The Balaban J connectivity index is 0.000000242. The minimum absolute atomic E-state index is 0.442. The lowest BCUT2D eigenvalue weighted by Gasteiger charge is -2.45. The molecule has 25 heavy (non-hydrogen) atoms. The van der Waals surface area contributed by atoms with Gasteiger partial charge in [-0.15, -0.1) is 0 Å². The molecule has 2 aliphatic heterocycles. The second kappa shape index (κ2) is 8.08. The second-order valence-electron chi connectivity index (χ2n) is 5.54. The highest BCUT2D eigenvalue weighted by Crippen LogP contribution is 2.34. The van der Waals surface area contributed by atoms with Crippen molar-refractivity contribution in [3.05, 3.63) is 34.6 Å². The van der Waals surface area contributed by atoms with Crippen LogP contribution in [0.4, 0.5) is 5.69 Å². The molecule has 0 aliphatic carbocycles. The maximum absolute atomic E-state index is 11.3. The summed E-state index contributed by atoms with van der Waals surface area (Å²) in [6.07, 6.45) is 2.90. The molecule has 1 aromatic rings. The predicted octanol–water partition coefficient (Wildman–Crippen LogP) is 0.0628. The smallest absolute Gasteiger partial charge is 0.328 e. The Morgan fingerprint density at radius 1 is 1.28 bits per heavy atom. The van der Waals surface area contributed by atoms with Gasteiger partial charge in [0.2, 0.25) is 0 Å². The summed E-state index contributed by atoms with van der Waals surface area (Å²) >= 11 is 3.23. The third-order valence-electron chi connectivity index (χ3n) is 3.93. The minimum atomic E-state index is -1.26. The van der Waals surface area contributed by atoms with Crippen molar-refractivity contribution in [2.24, 2.45) is 11.7 Å². The molecule has 0 saturated carbocycles. The van der Waals surface area contributed by atoms with E-state index in [-0.39, 0.29) is 0 Å². The second-order valence-corrected chi connectivity index (χ2v) is 6.30. The molecule has 0 aromatic carbocycles.